The number of halogens is 5. The van der Waals surface area contributed by atoms with Crippen LogP contribution in [0.4, 0.5) is 76.3 Å². The zero-order chi connectivity index (χ0) is 93.6. The Balaban J connectivity index is 0.000000172. The quantitative estimate of drug-likeness (QED) is 0.00458. The summed E-state index contributed by atoms with van der Waals surface area (Å²) in [4.78, 5) is 70.7. The fourth-order valence-electron chi connectivity index (χ4n) is 13.5. The van der Waals surface area contributed by atoms with Crippen molar-refractivity contribution in [3.8, 4) is 34.9 Å². The molecule has 0 radical (unpaired) electrons. The second-order valence-corrected chi connectivity index (χ2v) is 52.7. The molecule has 6 aromatic carbocycles. The summed E-state index contributed by atoms with van der Waals surface area (Å²) in [5.41, 5.74) is 17.0. The lowest BCUT2D eigenvalue weighted by atomic mass is 10.2. The number of fused-ring (bicyclic) bond motifs is 3. The summed E-state index contributed by atoms with van der Waals surface area (Å²) in [7, 11) is 2.62. The average Bonchev–Trinajstić information content (AvgIpc) is 1.63. The largest absolute Gasteiger partial charge is 0.438 e. The first-order chi connectivity index (χ1) is 61.9. The van der Waals surface area contributed by atoms with Crippen molar-refractivity contribution in [1.29, 1.82) is 0 Å². The monoisotopic (exact) mass is 1880 g/mol. The molecular formula is C90H114Cl2F3N21O11Si3. The molecule has 130 heavy (non-hydrogen) atoms. The van der Waals surface area contributed by atoms with Gasteiger partial charge in [-0.3, -0.25) is 25.0 Å². The first-order valence-electron chi connectivity index (χ1n) is 42.5. The summed E-state index contributed by atoms with van der Waals surface area (Å²) < 4.78 is 85.3. The number of nitrogens with one attached hydrogen (secondary N) is 2. The van der Waals surface area contributed by atoms with Gasteiger partial charge < -0.3 is 93.6 Å². The Morgan fingerprint density at radius 3 is 1.11 bits per heavy atom. The number of nitro groups is 2. The molecule has 3 saturated heterocycles. The molecule has 12 aromatic rings. The third-order valence-electron chi connectivity index (χ3n) is 21.0. The summed E-state index contributed by atoms with van der Waals surface area (Å²) in [5.74, 6) is 1.57. The molecule has 15 rings (SSSR count). The van der Waals surface area contributed by atoms with E-state index in [4.69, 9.17) is 73.1 Å². The highest BCUT2D eigenvalue weighted by Gasteiger charge is 2.26. The lowest BCUT2D eigenvalue weighted by Gasteiger charge is -2.34. The first kappa shape index (κ1) is 98.8. The van der Waals surface area contributed by atoms with Gasteiger partial charge in [0.05, 0.1) is 55.2 Å². The van der Waals surface area contributed by atoms with E-state index in [0.29, 0.717) is 124 Å². The van der Waals surface area contributed by atoms with Crippen molar-refractivity contribution in [2.75, 3.05) is 156 Å². The number of non-ortho nitro benzene ring substituents is 2. The van der Waals surface area contributed by atoms with Crippen LogP contribution in [0, 0.1) is 37.7 Å². The minimum absolute atomic E-state index is 0.0231. The molecule has 0 aliphatic carbocycles. The highest BCUT2D eigenvalue weighted by atomic mass is 35.5. The van der Waals surface area contributed by atoms with Crippen molar-refractivity contribution in [3.63, 3.8) is 0 Å². The molecule has 40 heteroatoms. The predicted octanol–water partition coefficient (Wildman–Crippen LogP) is 19.0. The van der Waals surface area contributed by atoms with Gasteiger partial charge in [-0.05, 0) is 166 Å². The number of rotatable bonds is 31. The van der Waals surface area contributed by atoms with E-state index in [1.54, 1.807) is 72.8 Å². The maximum absolute atomic E-state index is 15.2. The number of carbonyl (C=O) groups excluding carboxylic acids is 1. The van der Waals surface area contributed by atoms with Crippen LogP contribution in [0.25, 0.3) is 33.1 Å². The maximum atomic E-state index is 15.2. The van der Waals surface area contributed by atoms with Crippen LogP contribution in [0.5, 0.6) is 34.9 Å². The molecule has 6 N–H and O–H groups in total. The van der Waals surface area contributed by atoms with Crippen molar-refractivity contribution in [2.24, 2.45) is 0 Å². The van der Waals surface area contributed by atoms with Gasteiger partial charge in [-0.2, -0.15) is 29.9 Å². The number of nitro benzene ring substituents is 2. The van der Waals surface area contributed by atoms with Crippen LogP contribution in [0.2, 0.25) is 82.3 Å². The molecule has 32 nitrogen and oxygen atoms in total. The summed E-state index contributed by atoms with van der Waals surface area (Å²) in [6.07, 6.45) is 6.61. The first-order valence-corrected chi connectivity index (χ1v) is 54.4. The molecule has 3 aliphatic heterocycles. The summed E-state index contributed by atoms with van der Waals surface area (Å²) >= 11 is 10.8. The number of hydrogen-bond acceptors (Lipinski definition) is 27. The smallest absolute Gasteiger partial charge is 0.273 e. The number of hydrogen-bond donors (Lipinski definition) is 4. The molecular weight excluding hydrogens is 1760 g/mol. The van der Waals surface area contributed by atoms with Crippen LogP contribution >= 0.6 is 23.2 Å². The minimum Gasteiger partial charge on any atom is -0.438 e. The van der Waals surface area contributed by atoms with Crippen LogP contribution in [0.1, 0.15) is 0 Å². The molecule has 0 saturated carbocycles. The minimum atomic E-state index is -1.25. The van der Waals surface area contributed by atoms with Gasteiger partial charge in [0.25, 0.3) is 11.4 Å². The van der Waals surface area contributed by atoms with Gasteiger partial charge in [-0.1, -0.05) is 83.7 Å². The average molecular weight is 1880 g/mol. The summed E-state index contributed by atoms with van der Waals surface area (Å²) in [6.45, 7) is 37.2. The molecule has 9 heterocycles. The summed E-state index contributed by atoms with van der Waals surface area (Å²) in [6, 6.07) is 42.7. The number of aromatic nitrogens is 9. The second kappa shape index (κ2) is 45.6. The third kappa shape index (κ3) is 29.6. The highest BCUT2D eigenvalue weighted by Crippen LogP contribution is 2.38. The van der Waals surface area contributed by atoms with Crippen LogP contribution in [-0.4, -0.2) is 217 Å². The van der Waals surface area contributed by atoms with Gasteiger partial charge in [0.2, 0.25) is 40.1 Å². The van der Waals surface area contributed by atoms with Crippen molar-refractivity contribution in [2.45, 2.75) is 97.2 Å². The molecule has 0 amide bonds. The molecule has 0 spiro atoms. The Kier molecular flexibility index (Phi) is 34.7. The number of carbonyl (C=O) groups is 1. The van der Waals surface area contributed by atoms with Crippen molar-refractivity contribution >= 4 is 149 Å². The van der Waals surface area contributed by atoms with E-state index in [2.05, 4.69) is 142 Å². The maximum Gasteiger partial charge on any atom is 0.273 e. The molecule has 0 atom stereocenters. The van der Waals surface area contributed by atoms with Crippen LogP contribution in [-0.2, 0) is 39.2 Å². The van der Waals surface area contributed by atoms with Gasteiger partial charge in [0, 0.05) is 182 Å². The SMILES string of the molecule is C=CC(=O)Cl.CN1CCN(c2ccc(N)cc2F)CC1.CN1CCN(c2ccc(Nc3nc(Oc4cccc(N)c4)c4ccn(COCC[Si](C)(C)C)c4n3)cc2F)CC1.CN1CCN(c2ccc(Nc3nc(Oc4cccc([N+](=O)[O-])c4)c4ccn(COCC[Si](C)(C)C)c4n3)cc2F)CC1.C[Si](C)(C)CCOCn1ccc2c(Oc3cccc([N+](=O)[O-])c3)nc(Cl)nc21. The Morgan fingerprint density at radius 1 is 0.454 bits per heavy atom. The lowest BCUT2D eigenvalue weighted by Crippen LogP contribution is -2.44. The number of likely N-dealkylation sites (N-methyl/N-ethyl adjacent to an activating group) is 3. The van der Waals surface area contributed by atoms with E-state index in [1.807, 2.05) is 67.5 Å². The Hall–Kier alpha value is -11.8. The van der Waals surface area contributed by atoms with E-state index in [-0.39, 0.29) is 64.3 Å². The Morgan fingerprint density at radius 2 is 0.777 bits per heavy atom. The second-order valence-electron chi connectivity index (χ2n) is 35.2. The standard InChI is InChI=1S/C29H36FN7O4Si.C29H38FN7O2Si.C18H21ClN4O4Si.C11H16FN3.C3H3ClO/c1-34-12-14-35(15-13-34)26-9-8-21(18-25(26)30)31-29-32-27-24(10-11-36(27)20-40-16-17-42(2,3)4)28(33-29)41-23-7-5-6-22(19-23)37(38)39;1-35-12-14-36(15-13-35)26-9-8-22(19-25(26)30)32-29-33-27-24(10-11-37(27)20-38-16-17-40(2,3)4)28(34-29)39-23-7-5-6-21(31)18-23;1-28(2,3)10-9-26-12-22-8-7-15-16(22)20-18(19)21-17(15)27-14-6-4-5-13(11-14)23(24)25;1-14-4-6-15(7-5-14)11-3-2-9(13)8-10(11)12;1-2-3(4)5/h5-11,18-19H,12-17,20H2,1-4H3,(H,31,32,33);5-11,18-19H,12-17,20,31H2,1-4H3,(H,32,33,34);4-8,11H,9-10,12H2,1-3H3;2-3,8H,4-7,13H2,1H3;2H,1H2. The zero-order valence-electron chi connectivity index (χ0n) is 75.4. The van der Waals surface area contributed by atoms with Crippen molar-refractivity contribution in [1.82, 2.24) is 58.3 Å². The number of nitrogen functional groups attached to an aromatic ring is 2. The third-order valence-corrected chi connectivity index (χ3v) is 26.5. The number of anilines is 9. The highest BCUT2D eigenvalue weighted by molar-refractivity contribution is 6.76. The molecule has 3 aliphatic rings. The number of nitrogens with zero attached hydrogens (tertiary/aromatic N) is 17. The number of nitrogens with two attached hydrogens (primary N) is 2. The van der Waals surface area contributed by atoms with Gasteiger partial charge in [0.1, 0.15) is 54.9 Å². The van der Waals surface area contributed by atoms with Crippen LogP contribution in [0.3, 0.4) is 0 Å². The zero-order valence-corrected chi connectivity index (χ0v) is 79.9. The van der Waals surface area contributed by atoms with Crippen LogP contribution < -0.4 is 51.0 Å². The van der Waals surface area contributed by atoms with E-state index < -0.39 is 39.3 Å². The fraction of sp³-hybridized carbons (Fsp3) is 0.367. The molecule has 3 fully saturated rings. The predicted molar refractivity (Wildman–Crippen MR) is 518 cm³/mol. The molecule has 0 bridgehead atoms. The molecule has 692 valence electrons. The van der Waals surface area contributed by atoms with Gasteiger partial charge in [-0.25, -0.2) is 13.2 Å². The Bertz CT molecular complexity index is 5860. The van der Waals surface area contributed by atoms with Crippen LogP contribution in [0.15, 0.2) is 177 Å². The van der Waals surface area contributed by atoms with Crippen molar-refractivity contribution < 1.29 is 56.2 Å². The van der Waals surface area contributed by atoms with Crippen molar-refractivity contribution in [3.05, 3.63) is 220 Å². The number of piperazine rings is 3. The summed E-state index contributed by atoms with van der Waals surface area (Å²) in [5, 5.41) is 30.0. The van der Waals surface area contributed by atoms with E-state index in [9.17, 15) is 29.4 Å². The number of allylic oxidation sites excluding steroid dienone is 1. The van der Waals surface area contributed by atoms with Gasteiger partial charge in [-0.15, -0.1) is 0 Å². The topological polar surface area (TPSA) is 346 Å². The van der Waals surface area contributed by atoms with E-state index in [1.165, 1.54) is 42.5 Å². The fourth-order valence-corrected chi connectivity index (χ4v) is 15.9. The normalized spacial score (nSPS) is 14.0. The Labute approximate surface area is 767 Å². The molecule has 6 aromatic heterocycles. The van der Waals surface area contributed by atoms with E-state index in [0.717, 1.165) is 108 Å². The lowest BCUT2D eigenvalue weighted by molar-refractivity contribution is -0.385. The van der Waals surface area contributed by atoms with E-state index >= 15 is 8.78 Å². The number of ether oxygens (including phenoxy) is 6. The van der Waals surface area contributed by atoms with Gasteiger partial charge in [0.15, 0.2) is 16.9 Å². The number of benzene rings is 6. The van der Waals surface area contributed by atoms with Gasteiger partial charge >= 0.3 is 0 Å². The molecule has 0 unspecified atom stereocenters.